The number of fused-ring (bicyclic) bond motifs is 3. The van der Waals surface area contributed by atoms with Gasteiger partial charge in [0.15, 0.2) is 5.76 Å². The number of nitrogens with zero attached hydrogens (tertiary/aromatic N) is 5. The molecule has 0 aliphatic carbocycles. The summed E-state index contributed by atoms with van der Waals surface area (Å²) in [5, 5.41) is 10.2. The lowest BCUT2D eigenvalue weighted by Crippen LogP contribution is -2.20. The third-order valence-electron chi connectivity index (χ3n) is 6.46. The van der Waals surface area contributed by atoms with E-state index in [2.05, 4.69) is 26.3 Å². The van der Waals surface area contributed by atoms with Crippen molar-refractivity contribution in [3.8, 4) is 33.7 Å². The number of H-pyrrole nitrogens is 1. The van der Waals surface area contributed by atoms with Crippen LogP contribution in [-0.2, 0) is 25.4 Å². The molecule has 6 rings (SSSR count). The number of aryl methyl sites for hydroxylation is 3. The lowest BCUT2D eigenvalue weighted by atomic mass is 9.93. The predicted octanol–water partition coefficient (Wildman–Crippen LogP) is 4.59. The van der Waals surface area contributed by atoms with Crippen LogP contribution in [0.2, 0.25) is 0 Å². The third kappa shape index (κ3) is 3.44. The van der Waals surface area contributed by atoms with Gasteiger partial charge in [-0.05, 0) is 24.1 Å². The van der Waals surface area contributed by atoms with Gasteiger partial charge in [0.1, 0.15) is 5.65 Å². The maximum absolute atomic E-state index is 13.7. The van der Waals surface area contributed by atoms with Gasteiger partial charge in [-0.2, -0.15) is 5.10 Å². The van der Waals surface area contributed by atoms with Crippen molar-refractivity contribution in [3.05, 3.63) is 76.6 Å². The van der Waals surface area contributed by atoms with Gasteiger partial charge in [0.25, 0.3) is 5.56 Å². The van der Waals surface area contributed by atoms with Gasteiger partial charge in [0, 0.05) is 55.4 Å². The molecule has 5 heterocycles. The summed E-state index contributed by atoms with van der Waals surface area (Å²) in [4.78, 5) is 21.8. The first kappa shape index (κ1) is 22.0. The van der Waals surface area contributed by atoms with Gasteiger partial charge >= 0.3 is 0 Å². The summed E-state index contributed by atoms with van der Waals surface area (Å²) in [7, 11) is 5.31. The summed E-state index contributed by atoms with van der Waals surface area (Å²) in [6.07, 6.45) is 5.49. The van der Waals surface area contributed by atoms with Gasteiger partial charge in [0.2, 0.25) is 0 Å². The minimum Gasteiger partial charge on any atom is -0.380 e. The van der Waals surface area contributed by atoms with Crippen molar-refractivity contribution in [2.45, 2.75) is 13.5 Å². The zero-order chi connectivity index (χ0) is 25.0. The predicted molar refractivity (Wildman–Crippen MR) is 137 cm³/mol. The fraction of sp³-hybridized carbons (Fsp3) is 0.185. The van der Waals surface area contributed by atoms with Crippen LogP contribution in [0.3, 0.4) is 0 Å². The van der Waals surface area contributed by atoms with Gasteiger partial charge in [-0.25, -0.2) is 4.98 Å². The number of methoxy groups -OCH3 is 1. The minimum absolute atomic E-state index is 0.182. The van der Waals surface area contributed by atoms with E-state index in [1.165, 1.54) is 0 Å². The number of rotatable bonds is 5. The molecule has 9 heteroatoms. The van der Waals surface area contributed by atoms with Crippen molar-refractivity contribution in [2.75, 3.05) is 7.11 Å². The van der Waals surface area contributed by atoms with Crippen LogP contribution in [0, 0.1) is 6.92 Å². The lowest BCUT2D eigenvalue weighted by molar-refractivity contribution is 0.185. The SMILES string of the molecule is COCc1ccc(-c2c(-c3cc(C)no3)c(=O)n(C)c3cnc4[nH]c(-c5cnn(C)c5)cc4c23)cc1. The van der Waals surface area contributed by atoms with Crippen molar-refractivity contribution in [3.63, 3.8) is 0 Å². The molecule has 36 heavy (non-hydrogen) atoms. The maximum Gasteiger partial charge on any atom is 0.262 e. The zero-order valence-electron chi connectivity index (χ0n) is 20.4. The van der Waals surface area contributed by atoms with Crippen molar-refractivity contribution >= 4 is 21.9 Å². The van der Waals surface area contributed by atoms with Crippen LogP contribution in [0.5, 0.6) is 0 Å². The molecule has 0 bridgehead atoms. The molecular weight excluding hydrogens is 456 g/mol. The Morgan fingerprint density at radius 2 is 1.86 bits per heavy atom. The molecule has 0 aliphatic rings. The molecule has 0 radical (unpaired) electrons. The quantitative estimate of drug-likeness (QED) is 0.387. The van der Waals surface area contributed by atoms with Crippen LogP contribution >= 0.6 is 0 Å². The van der Waals surface area contributed by atoms with E-state index in [-0.39, 0.29) is 5.56 Å². The van der Waals surface area contributed by atoms with E-state index in [1.54, 1.807) is 41.9 Å². The van der Waals surface area contributed by atoms with E-state index in [1.807, 2.05) is 44.4 Å². The molecule has 6 aromatic rings. The van der Waals surface area contributed by atoms with Crippen molar-refractivity contribution < 1.29 is 9.26 Å². The van der Waals surface area contributed by atoms with Crippen molar-refractivity contribution in [1.82, 2.24) is 29.5 Å². The summed E-state index contributed by atoms with van der Waals surface area (Å²) < 4.78 is 14.3. The molecule has 0 fully saturated rings. The highest BCUT2D eigenvalue weighted by Gasteiger charge is 2.24. The standard InChI is InChI=1S/C27H24N6O3/c1-15-9-22(36-31-15)25-23(17-7-5-16(6-8-17)14-35-4)24-19-10-20(18-11-29-32(2)13-18)30-26(19)28-12-21(24)33(3)27(25)34/h5-13H,14H2,1-4H3,(H,28,30). The summed E-state index contributed by atoms with van der Waals surface area (Å²) in [5.74, 6) is 0.430. The second kappa shape index (κ2) is 8.31. The Bertz CT molecular complexity index is 1800. The van der Waals surface area contributed by atoms with Gasteiger partial charge in [-0.1, -0.05) is 29.4 Å². The van der Waals surface area contributed by atoms with Crippen molar-refractivity contribution in [2.24, 2.45) is 14.1 Å². The van der Waals surface area contributed by atoms with E-state index in [4.69, 9.17) is 9.26 Å². The fourth-order valence-corrected chi connectivity index (χ4v) is 4.74. The fourth-order valence-electron chi connectivity index (χ4n) is 4.74. The summed E-state index contributed by atoms with van der Waals surface area (Å²) in [6.45, 7) is 2.35. The van der Waals surface area contributed by atoms with Crippen LogP contribution < -0.4 is 5.56 Å². The highest BCUT2D eigenvalue weighted by molar-refractivity contribution is 6.15. The number of ether oxygens (including phenoxy) is 1. The van der Waals surface area contributed by atoms with Crippen LogP contribution in [0.1, 0.15) is 11.3 Å². The van der Waals surface area contributed by atoms with E-state index >= 15 is 0 Å². The van der Waals surface area contributed by atoms with E-state index in [9.17, 15) is 4.79 Å². The van der Waals surface area contributed by atoms with Crippen LogP contribution in [0.15, 0.2) is 64.3 Å². The average molecular weight is 481 g/mol. The van der Waals surface area contributed by atoms with E-state index < -0.39 is 0 Å². The number of pyridine rings is 2. The Labute approximate surface area is 205 Å². The highest BCUT2D eigenvalue weighted by atomic mass is 16.5. The van der Waals surface area contributed by atoms with Gasteiger partial charge in [-0.15, -0.1) is 0 Å². The highest BCUT2D eigenvalue weighted by Crippen LogP contribution is 2.40. The van der Waals surface area contributed by atoms with E-state index in [0.717, 1.165) is 49.9 Å². The Kier molecular flexibility index (Phi) is 5.08. The van der Waals surface area contributed by atoms with Gasteiger partial charge < -0.3 is 18.8 Å². The van der Waals surface area contributed by atoms with Gasteiger partial charge in [0.05, 0.1) is 41.5 Å². The normalized spacial score (nSPS) is 11.7. The smallest absolute Gasteiger partial charge is 0.262 e. The Morgan fingerprint density at radius 1 is 1.06 bits per heavy atom. The second-order valence-electron chi connectivity index (χ2n) is 8.94. The minimum atomic E-state index is -0.182. The Balaban J connectivity index is 1.74. The molecule has 180 valence electrons. The first-order valence-electron chi connectivity index (χ1n) is 11.5. The molecular formula is C27H24N6O3. The summed E-state index contributed by atoms with van der Waals surface area (Å²) in [5.41, 5.74) is 6.97. The number of aromatic amines is 1. The van der Waals surface area contributed by atoms with Gasteiger partial charge in [-0.3, -0.25) is 9.48 Å². The Morgan fingerprint density at radius 3 is 2.53 bits per heavy atom. The first-order valence-corrected chi connectivity index (χ1v) is 11.5. The average Bonchev–Trinajstić information content (AvgIpc) is 3.61. The van der Waals surface area contributed by atoms with Crippen LogP contribution in [-0.4, -0.2) is 36.6 Å². The molecule has 1 N–H and O–H groups in total. The third-order valence-corrected chi connectivity index (χ3v) is 6.46. The van der Waals surface area contributed by atoms with Crippen LogP contribution in [0.4, 0.5) is 0 Å². The molecule has 9 nitrogen and oxygen atoms in total. The second-order valence-corrected chi connectivity index (χ2v) is 8.94. The molecule has 0 spiro atoms. The molecule has 0 saturated heterocycles. The number of benzene rings is 1. The van der Waals surface area contributed by atoms with E-state index in [0.29, 0.717) is 23.6 Å². The monoisotopic (exact) mass is 480 g/mol. The first-order chi connectivity index (χ1) is 17.4. The molecule has 5 aromatic heterocycles. The topological polar surface area (TPSA) is 104 Å². The Hall–Kier alpha value is -4.50. The molecule has 1 aromatic carbocycles. The summed E-state index contributed by atoms with van der Waals surface area (Å²) in [6, 6.07) is 11.9. The lowest BCUT2D eigenvalue weighted by Gasteiger charge is -2.15. The zero-order valence-corrected chi connectivity index (χ0v) is 20.4. The molecule has 0 saturated carbocycles. The number of aromatic nitrogens is 6. The number of hydrogen-bond donors (Lipinski definition) is 1. The van der Waals surface area contributed by atoms with Crippen LogP contribution in [0.25, 0.3) is 55.6 Å². The maximum atomic E-state index is 13.7. The molecule has 0 unspecified atom stereocenters. The molecule has 0 atom stereocenters. The number of nitrogens with one attached hydrogen (secondary N) is 1. The molecule has 0 amide bonds. The molecule has 0 aliphatic heterocycles. The summed E-state index contributed by atoms with van der Waals surface area (Å²) >= 11 is 0. The largest absolute Gasteiger partial charge is 0.380 e. The number of hydrogen-bond acceptors (Lipinski definition) is 6. The van der Waals surface area contributed by atoms with Crippen molar-refractivity contribution in [1.29, 1.82) is 0 Å².